The lowest BCUT2D eigenvalue weighted by Gasteiger charge is -2.31. The number of benzene rings is 2. The summed E-state index contributed by atoms with van der Waals surface area (Å²) in [6, 6.07) is 12.4. The first-order chi connectivity index (χ1) is 14.0. The smallest absolute Gasteiger partial charge is 0.177 e. The molecule has 2 aromatic carbocycles. The van der Waals surface area contributed by atoms with Crippen LogP contribution in [-0.4, -0.2) is 47.3 Å². The van der Waals surface area contributed by atoms with Crippen molar-refractivity contribution in [2.24, 2.45) is 5.92 Å². The second kappa shape index (κ2) is 9.08. The number of piperidine rings is 1. The van der Waals surface area contributed by atoms with Gasteiger partial charge in [0.1, 0.15) is 0 Å². The fourth-order valence-electron chi connectivity index (χ4n) is 3.93. The minimum atomic E-state index is -3.59. The van der Waals surface area contributed by atoms with Crippen LogP contribution in [0.15, 0.2) is 52.3 Å². The summed E-state index contributed by atoms with van der Waals surface area (Å²) in [6.07, 6.45) is 4.65. The van der Waals surface area contributed by atoms with Crippen molar-refractivity contribution in [1.29, 1.82) is 0 Å². The predicted octanol–water partition coefficient (Wildman–Crippen LogP) is 3.34. The molecule has 1 heterocycles. The van der Waals surface area contributed by atoms with Gasteiger partial charge in [0.25, 0.3) is 0 Å². The number of rotatable bonds is 7. The Morgan fingerprint density at radius 3 is 2.33 bits per heavy atom. The summed E-state index contributed by atoms with van der Waals surface area (Å²) < 4.78 is 48.2. The SMILES string of the molecule is CC1CCCN(Cc2ccccc2CNc2ccc(S(C)(=O)=O)cc2S(C)(=O)=O)C1. The highest BCUT2D eigenvalue weighted by molar-refractivity contribution is 7.91. The van der Waals surface area contributed by atoms with E-state index < -0.39 is 19.7 Å². The van der Waals surface area contributed by atoms with Gasteiger partial charge in [-0.1, -0.05) is 31.2 Å². The van der Waals surface area contributed by atoms with Crippen molar-refractivity contribution < 1.29 is 16.8 Å². The molecule has 1 fully saturated rings. The van der Waals surface area contributed by atoms with Gasteiger partial charge in [-0.3, -0.25) is 4.90 Å². The van der Waals surface area contributed by atoms with Crippen LogP contribution in [0.3, 0.4) is 0 Å². The van der Waals surface area contributed by atoms with Crippen molar-refractivity contribution in [2.75, 3.05) is 30.9 Å². The molecule has 1 aliphatic rings. The van der Waals surface area contributed by atoms with Crippen molar-refractivity contribution in [3.8, 4) is 0 Å². The van der Waals surface area contributed by atoms with Gasteiger partial charge in [-0.15, -0.1) is 0 Å². The maximum atomic E-state index is 12.3. The van der Waals surface area contributed by atoms with E-state index >= 15 is 0 Å². The number of anilines is 1. The molecule has 0 bridgehead atoms. The Hall–Kier alpha value is -1.90. The van der Waals surface area contributed by atoms with E-state index in [9.17, 15) is 16.8 Å². The first-order valence-electron chi connectivity index (χ1n) is 10.1. The van der Waals surface area contributed by atoms with E-state index in [2.05, 4.69) is 23.2 Å². The highest BCUT2D eigenvalue weighted by Crippen LogP contribution is 2.26. The molecule has 2 aromatic rings. The van der Waals surface area contributed by atoms with Gasteiger partial charge < -0.3 is 5.32 Å². The first-order valence-corrected chi connectivity index (χ1v) is 13.9. The molecule has 8 heteroatoms. The van der Waals surface area contributed by atoms with Gasteiger partial charge in [-0.2, -0.15) is 0 Å². The molecule has 0 aliphatic carbocycles. The van der Waals surface area contributed by atoms with E-state index in [0.717, 1.165) is 37.7 Å². The van der Waals surface area contributed by atoms with Crippen LogP contribution in [0.4, 0.5) is 5.69 Å². The number of sulfone groups is 2. The van der Waals surface area contributed by atoms with Crippen molar-refractivity contribution in [3.63, 3.8) is 0 Å². The third-order valence-corrected chi connectivity index (χ3v) is 7.75. The molecule has 1 unspecified atom stereocenters. The number of likely N-dealkylation sites (tertiary alicyclic amines) is 1. The van der Waals surface area contributed by atoms with Crippen molar-refractivity contribution in [1.82, 2.24) is 4.90 Å². The Morgan fingerprint density at radius 2 is 1.70 bits per heavy atom. The normalized spacial score (nSPS) is 18.3. The Bertz CT molecular complexity index is 1110. The zero-order valence-corrected chi connectivity index (χ0v) is 19.4. The van der Waals surface area contributed by atoms with E-state index in [0.29, 0.717) is 18.2 Å². The lowest BCUT2D eigenvalue weighted by molar-refractivity contribution is 0.176. The number of nitrogens with zero attached hydrogens (tertiary/aromatic N) is 1. The highest BCUT2D eigenvalue weighted by Gasteiger charge is 2.19. The summed E-state index contributed by atoms with van der Waals surface area (Å²) >= 11 is 0. The molecular formula is C22H30N2O4S2. The largest absolute Gasteiger partial charge is 0.380 e. The lowest BCUT2D eigenvalue weighted by atomic mass is 9.99. The molecule has 0 saturated carbocycles. The molecular weight excluding hydrogens is 420 g/mol. The lowest BCUT2D eigenvalue weighted by Crippen LogP contribution is -2.34. The summed E-state index contributed by atoms with van der Waals surface area (Å²) in [4.78, 5) is 2.45. The Labute approximate surface area is 180 Å². The van der Waals surface area contributed by atoms with E-state index in [1.54, 1.807) is 0 Å². The van der Waals surface area contributed by atoms with Gasteiger partial charge in [-0.05, 0) is 54.6 Å². The molecule has 0 amide bonds. The topological polar surface area (TPSA) is 83.6 Å². The van der Waals surface area contributed by atoms with Gasteiger partial charge in [0, 0.05) is 32.1 Å². The van der Waals surface area contributed by atoms with Crippen LogP contribution in [0.2, 0.25) is 0 Å². The molecule has 1 N–H and O–H groups in total. The van der Waals surface area contributed by atoms with Crippen LogP contribution in [0.5, 0.6) is 0 Å². The van der Waals surface area contributed by atoms with Crippen LogP contribution in [0.1, 0.15) is 30.9 Å². The monoisotopic (exact) mass is 450 g/mol. The average molecular weight is 451 g/mol. The quantitative estimate of drug-likeness (QED) is 0.697. The maximum absolute atomic E-state index is 12.3. The van der Waals surface area contributed by atoms with Crippen LogP contribution < -0.4 is 5.32 Å². The summed E-state index contributed by atoms with van der Waals surface area (Å²) in [5.41, 5.74) is 2.72. The molecule has 1 saturated heterocycles. The molecule has 1 atom stereocenters. The summed E-state index contributed by atoms with van der Waals surface area (Å²) in [5, 5.41) is 3.21. The van der Waals surface area contributed by atoms with E-state index in [4.69, 9.17) is 0 Å². The minimum absolute atomic E-state index is 0.00639. The van der Waals surface area contributed by atoms with Gasteiger partial charge in [0.15, 0.2) is 19.7 Å². The molecule has 0 radical (unpaired) electrons. The van der Waals surface area contributed by atoms with Gasteiger partial charge in [0.2, 0.25) is 0 Å². The minimum Gasteiger partial charge on any atom is -0.380 e. The number of hydrogen-bond donors (Lipinski definition) is 1. The fourth-order valence-corrected chi connectivity index (χ4v) is 5.53. The fraction of sp³-hybridized carbons (Fsp3) is 0.455. The molecule has 1 aliphatic heterocycles. The van der Waals surface area contributed by atoms with E-state index in [1.807, 2.05) is 18.2 Å². The van der Waals surface area contributed by atoms with Crippen LogP contribution in [0.25, 0.3) is 0 Å². The van der Waals surface area contributed by atoms with Crippen molar-refractivity contribution in [3.05, 3.63) is 53.6 Å². The average Bonchev–Trinajstić information content (AvgIpc) is 2.66. The van der Waals surface area contributed by atoms with E-state index in [-0.39, 0.29) is 9.79 Å². The Balaban J connectivity index is 1.82. The van der Waals surface area contributed by atoms with Crippen molar-refractivity contribution >= 4 is 25.4 Å². The summed E-state index contributed by atoms with van der Waals surface area (Å²) in [5.74, 6) is 0.703. The molecule has 30 heavy (non-hydrogen) atoms. The number of hydrogen-bond acceptors (Lipinski definition) is 6. The second-order valence-corrected chi connectivity index (χ2v) is 12.3. The standard InChI is InChI=1S/C22H30N2O4S2/c1-17-7-6-12-24(15-17)16-19-9-5-4-8-18(19)14-23-21-11-10-20(29(2,25)26)13-22(21)30(3,27)28/h4-5,8-11,13,17,23H,6-7,12,14-16H2,1-3H3. The molecule has 0 aromatic heterocycles. The zero-order chi connectivity index (χ0) is 21.9. The molecule has 0 spiro atoms. The first kappa shape index (κ1) is 22.8. The Kier molecular flexibility index (Phi) is 6.89. The predicted molar refractivity (Wildman–Crippen MR) is 120 cm³/mol. The highest BCUT2D eigenvalue weighted by atomic mass is 32.2. The van der Waals surface area contributed by atoms with Gasteiger partial charge >= 0.3 is 0 Å². The zero-order valence-electron chi connectivity index (χ0n) is 17.8. The van der Waals surface area contributed by atoms with E-state index in [1.165, 1.54) is 36.6 Å². The number of nitrogens with one attached hydrogen (secondary N) is 1. The molecule has 164 valence electrons. The third kappa shape index (κ3) is 5.83. The summed E-state index contributed by atoms with van der Waals surface area (Å²) in [6.45, 7) is 5.80. The third-order valence-electron chi connectivity index (χ3n) is 5.50. The van der Waals surface area contributed by atoms with Crippen molar-refractivity contribution in [2.45, 2.75) is 42.6 Å². The maximum Gasteiger partial charge on any atom is 0.177 e. The van der Waals surface area contributed by atoms with Gasteiger partial charge in [0.05, 0.1) is 15.5 Å². The van der Waals surface area contributed by atoms with Crippen LogP contribution in [-0.2, 0) is 32.8 Å². The second-order valence-electron chi connectivity index (χ2n) is 8.31. The molecule has 3 rings (SSSR count). The molecule has 6 nitrogen and oxygen atoms in total. The van der Waals surface area contributed by atoms with Gasteiger partial charge in [-0.25, -0.2) is 16.8 Å². The Morgan fingerprint density at radius 1 is 1.00 bits per heavy atom. The van der Waals surface area contributed by atoms with Crippen LogP contribution in [0, 0.1) is 5.92 Å². The van der Waals surface area contributed by atoms with Crippen LogP contribution >= 0.6 is 0 Å². The summed E-state index contributed by atoms with van der Waals surface area (Å²) in [7, 11) is -7.09.